The van der Waals surface area contributed by atoms with Gasteiger partial charge in [0, 0.05) is 28.5 Å². The fourth-order valence-electron chi connectivity index (χ4n) is 1.67. The van der Waals surface area contributed by atoms with Crippen LogP contribution in [-0.4, -0.2) is 17.5 Å². The van der Waals surface area contributed by atoms with Crippen molar-refractivity contribution >= 4 is 23.4 Å². The molecule has 2 unspecified atom stereocenters. The van der Waals surface area contributed by atoms with Gasteiger partial charge in [0.1, 0.15) is 0 Å². The Kier molecular flexibility index (Phi) is 2.82. The molecule has 70 valence electrons. The second-order valence-electron chi connectivity index (χ2n) is 3.33. The first kappa shape index (κ1) is 9.38. The van der Waals surface area contributed by atoms with E-state index in [0.29, 0.717) is 5.92 Å². The van der Waals surface area contributed by atoms with Crippen LogP contribution in [0.25, 0.3) is 0 Å². The standard InChI is InChI=1S/C10H12ClNS/c11-9-4-2-1-3-7(9)8-5-13-6-10(8)12/h1-4,8,10H,5-6,12H2. The van der Waals surface area contributed by atoms with E-state index in [2.05, 4.69) is 6.07 Å². The zero-order valence-corrected chi connectivity index (χ0v) is 8.81. The van der Waals surface area contributed by atoms with Crippen LogP contribution < -0.4 is 5.73 Å². The molecule has 0 bridgehead atoms. The molecule has 0 amide bonds. The Labute approximate surface area is 87.7 Å². The summed E-state index contributed by atoms with van der Waals surface area (Å²) in [6.07, 6.45) is 0. The largest absolute Gasteiger partial charge is 0.326 e. The van der Waals surface area contributed by atoms with E-state index in [1.54, 1.807) is 0 Å². The summed E-state index contributed by atoms with van der Waals surface area (Å²) in [6.45, 7) is 0. The molecular weight excluding hydrogens is 202 g/mol. The molecule has 13 heavy (non-hydrogen) atoms. The maximum Gasteiger partial charge on any atom is 0.0441 e. The van der Waals surface area contributed by atoms with Crippen LogP contribution in [0.5, 0.6) is 0 Å². The molecule has 2 atom stereocenters. The van der Waals surface area contributed by atoms with Gasteiger partial charge in [-0.05, 0) is 11.6 Å². The zero-order valence-electron chi connectivity index (χ0n) is 7.24. The smallest absolute Gasteiger partial charge is 0.0441 e. The van der Waals surface area contributed by atoms with Crippen LogP contribution in [0.4, 0.5) is 0 Å². The molecule has 0 aliphatic carbocycles. The van der Waals surface area contributed by atoms with Crippen molar-refractivity contribution in [1.29, 1.82) is 0 Å². The van der Waals surface area contributed by atoms with Gasteiger partial charge in [0.2, 0.25) is 0 Å². The topological polar surface area (TPSA) is 26.0 Å². The molecule has 1 aliphatic rings. The van der Waals surface area contributed by atoms with Gasteiger partial charge in [-0.15, -0.1) is 0 Å². The summed E-state index contributed by atoms with van der Waals surface area (Å²) in [4.78, 5) is 0. The lowest BCUT2D eigenvalue weighted by molar-refractivity contribution is 0.654. The molecular formula is C10H12ClNS. The van der Waals surface area contributed by atoms with Crippen LogP contribution in [0.2, 0.25) is 5.02 Å². The molecule has 0 saturated carbocycles. The Morgan fingerprint density at radius 2 is 2.08 bits per heavy atom. The van der Waals surface area contributed by atoms with Gasteiger partial charge in [-0.3, -0.25) is 0 Å². The Hall–Kier alpha value is -0.180. The highest BCUT2D eigenvalue weighted by molar-refractivity contribution is 7.99. The summed E-state index contributed by atoms with van der Waals surface area (Å²) >= 11 is 8.01. The molecule has 2 N–H and O–H groups in total. The number of rotatable bonds is 1. The van der Waals surface area contributed by atoms with Crippen molar-refractivity contribution in [1.82, 2.24) is 0 Å². The summed E-state index contributed by atoms with van der Waals surface area (Å²) in [7, 11) is 0. The van der Waals surface area contributed by atoms with Crippen LogP contribution in [-0.2, 0) is 0 Å². The summed E-state index contributed by atoms with van der Waals surface area (Å²) in [5.74, 6) is 2.60. The lowest BCUT2D eigenvalue weighted by Crippen LogP contribution is -2.26. The Bertz CT molecular complexity index is 303. The van der Waals surface area contributed by atoms with Crippen LogP contribution in [0, 0.1) is 0 Å². The van der Waals surface area contributed by atoms with Crippen molar-refractivity contribution in [3.63, 3.8) is 0 Å². The minimum absolute atomic E-state index is 0.268. The highest BCUT2D eigenvalue weighted by Crippen LogP contribution is 2.34. The van der Waals surface area contributed by atoms with E-state index < -0.39 is 0 Å². The lowest BCUT2D eigenvalue weighted by Gasteiger charge is -2.15. The van der Waals surface area contributed by atoms with Crippen molar-refractivity contribution < 1.29 is 0 Å². The van der Waals surface area contributed by atoms with Gasteiger partial charge in [-0.25, -0.2) is 0 Å². The van der Waals surface area contributed by atoms with Crippen LogP contribution in [0.15, 0.2) is 24.3 Å². The van der Waals surface area contributed by atoms with Crippen molar-refractivity contribution in [3.8, 4) is 0 Å². The Morgan fingerprint density at radius 1 is 1.31 bits per heavy atom. The van der Waals surface area contributed by atoms with Crippen molar-refractivity contribution in [3.05, 3.63) is 34.9 Å². The molecule has 2 rings (SSSR count). The fraction of sp³-hybridized carbons (Fsp3) is 0.400. The average Bonchev–Trinajstić information content (AvgIpc) is 2.52. The number of hydrogen-bond donors (Lipinski definition) is 1. The summed E-state index contributed by atoms with van der Waals surface area (Å²) in [5, 5.41) is 0.852. The molecule has 1 aliphatic heterocycles. The van der Waals surface area contributed by atoms with Crippen molar-refractivity contribution in [2.75, 3.05) is 11.5 Å². The first-order valence-corrected chi connectivity index (χ1v) is 5.90. The highest BCUT2D eigenvalue weighted by atomic mass is 35.5. The first-order chi connectivity index (χ1) is 6.29. The van der Waals surface area contributed by atoms with Gasteiger partial charge in [0.05, 0.1) is 0 Å². The normalized spacial score (nSPS) is 27.8. The highest BCUT2D eigenvalue weighted by Gasteiger charge is 2.27. The summed E-state index contributed by atoms with van der Waals surface area (Å²) < 4.78 is 0. The van der Waals surface area contributed by atoms with E-state index in [-0.39, 0.29) is 6.04 Å². The predicted octanol–water partition coefficient (Wildman–Crippen LogP) is 2.50. The quantitative estimate of drug-likeness (QED) is 0.776. The third kappa shape index (κ3) is 1.85. The van der Waals surface area contributed by atoms with Crippen molar-refractivity contribution in [2.24, 2.45) is 5.73 Å². The average molecular weight is 214 g/mol. The monoisotopic (exact) mass is 213 g/mol. The fourth-order valence-corrected chi connectivity index (χ4v) is 3.26. The first-order valence-electron chi connectivity index (χ1n) is 4.37. The molecule has 0 aromatic heterocycles. The molecule has 1 aromatic carbocycles. The lowest BCUT2D eigenvalue weighted by atomic mass is 9.95. The molecule has 0 radical (unpaired) electrons. The van der Waals surface area contributed by atoms with Crippen LogP contribution >= 0.6 is 23.4 Å². The van der Waals surface area contributed by atoms with Gasteiger partial charge in [-0.1, -0.05) is 29.8 Å². The van der Waals surface area contributed by atoms with E-state index in [0.717, 1.165) is 16.5 Å². The predicted molar refractivity (Wildman–Crippen MR) is 59.5 cm³/mol. The molecule has 1 saturated heterocycles. The molecule has 0 spiro atoms. The third-order valence-electron chi connectivity index (χ3n) is 2.43. The Balaban J connectivity index is 2.29. The molecule has 1 heterocycles. The minimum atomic E-state index is 0.268. The van der Waals surface area contributed by atoms with Gasteiger partial charge in [-0.2, -0.15) is 11.8 Å². The van der Waals surface area contributed by atoms with E-state index >= 15 is 0 Å². The molecule has 1 fully saturated rings. The second kappa shape index (κ2) is 3.91. The number of halogens is 1. The minimum Gasteiger partial charge on any atom is -0.326 e. The van der Waals surface area contributed by atoms with Gasteiger partial charge in [0.25, 0.3) is 0 Å². The number of thioether (sulfide) groups is 1. The van der Waals surface area contributed by atoms with E-state index in [9.17, 15) is 0 Å². The second-order valence-corrected chi connectivity index (χ2v) is 4.81. The number of hydrogen-bond acceptors (Lipinski definition) is 2. The van der Waals surface area contributed by atoms with Gasteiger partial charge < -0.3 is 5.73 Å². The number of nitrogens with two attached hydrogens (primary N) is 1. The zero-order chi connectivity index (χ0) is 9.26. The third-order valence-corrected chi connectivity index (χ3v) is 3.99. The SMILES string of the molecule is NC1CSCC1c1ccccc1Cl. The Morgan fingerprint density at radius 3 is 2.69 bits per heavy atom. The summed E-state index contributed by atoms with van der Waals surface area (Å²) in [5.41, 5.74) is 7.21. The van der Waals surface area contributed by atoms with E-state index in [1.807, 2.05) is 30.0 Å². The molecule has 1 nitrogen and oxygen atoms in total. The van der Waals surface area contributed by atoms with E-state index in [4.69, 9.17) is 17.3 Å². The molecule has 3 heteroatoms. The molecule has 1 aromatic rings. The van der Waals surface area contributed by atoms with Gasteiger partial charge >= 0.3 is 0 Å². The summed E-state index contributed by atoms with van der Waals surface area (Å²) in [6, 6.07) is 8.27. The van der Waals surface area contributed by atoms with E-state index in [1.165, 1.54) is 5.56 Å². The number of benzene rings is 1. The maximum absolute atomic E-state index is 6.10. The van der Waals surface area contributed by atoms with Crippen LogP contribution in [0.3, 0.4) is 0 Å². The maximum atomic E-state index is 6.10. The van der Waals surface area contributed by atoms with Crippen molar-refractivity contribution in [2.45, 2.75) is 12.0 Å². The van der Waals surface area contributed by atoms with Crippen LogP contribution in [0.1, 0.15) is 11.5 Å². The van der Waals surface area contributed by atoms with Gasteiger partial charge in [0.15, 0.2) is 0 Å².